The van der Waals surface area contributed by atoms with Crippen LogP contribution in [0.1, 0.15) is 31.7 Å². The third kappa shape index (κ3) is 8.27. The molecular formula is C19H33IN4O. The summed E-state index contributed by atoms with van der Waals surface area (Å²) in [7, 11) is 4.16. The van der Waals surface area contributed by atoms with Gasteiger partial charge in [-0.15, -0.1) is 24.0 Å². The summed E-state index contributed by atoms with van der Waals surface area (Å²) in [5.41, 5.74) is 1.21. The molecular weight excluding hydrogens is 427 g/mol. The van der Waals surface area contributed by atoms with E-state index in [-0.39, 0.29) is 24.0 Å². The number of rotatable bonds is 8. The number of nitrogens with zero attached hydrogens (tertiary/aromatic N) is 3. The Morgan fingerprint density at radius 1 is 1.20 bits per heavy atom. The van der Waals surface area contributed by atoms with Gasteiger partial charge in [0, 0.05) is 26.2 Å². The Labute approximate surface area is 169 Å². The number of guanidine groups is 1. The molecule has 0 bridgehead atoms. The molecule has 1 heterocycles. The summed E-state index contributed by atoms with van der Waals surface area (Å²) in [6.45, 7) is 7.78. The van der Waals surface area contributed by atoms with Crippen molar-refractivity contribution in [3.63, 3.8) is 0 Å². The van der Waals surface area contributed by atoms with Crippen LogP contribution in [-0.2, 0) is 6.54 Å². The topological polar surface area (TPSA) is 40.1 Å². The van der Waals surface area contributed by atoms with Gasteiger partial charge in [-0.2, -0.15) is 0 Å². The summed E-state index contributed by atoms with van der Waals surface area (Å²) in [6, 6.07) is 8.31. The Morgan fingerprint density at radius 2 is 1.88 bits per heavy atom. The first-order valence-electron chi connectivity index (χ1n) is 9.08. The largest absolute Gasteiger partial charge is 0.494 e. The average molecular weight is 460 g/mol. The lowest BCUT2D eigenvalue weighted by molar-refractivity contribution is 0.281. The highest BCUT2D eigenvalue weighted by Gasteiger charge is 2.15. The molecule has 0 spiro atoms. The smallest absolute Gasteiger partial charge is 0.194 e. The van der Waals surface area contributed by atoms with Crippen LogP contribution in [0.25, 0.3) is 0 Å². The lowest BCUT2D eigenvalue weighted by Gasteiger charge is -2.20. The Balaban J connectivity index is 0.00000312. The Hall–Kier alpha value is -1.02. The fourth-order valence-electron chi connectivity index (χ4n) is 2.78. The molecule has 1 aromatic rings. The van der Waals surface area contributed by atoms with Crippen LogP contribution in [-0.4, -0.2) is 62.6 Å². The lowest BCUT2D eigenvalue weighted by atomic mass is 10.2. The van der Waals surface area contributed by atoms with Gasteiger partial charge in [-0.25, -0.2) is 4.99 Å². The van der Waals surface area contributed by atoms with Crippen molar-refractivity contribution in [2.75, 3.05) is 46.9 Å². The molecule has 0 atom stereocenters. The van der Waals surface area contributed by atoms with Crippen molar-refractivity contribution < 1.29 is 4.74 Å². The lowest BCUT2D eigenvalue weighted by Crippen LogP contribution is -2.39. The van der Waals surface area contributed by atoms with Crippen LogP contribution < -0.4 is 10.1 Å². The molecule has 1 aromatic carbocycles. The standard InChI is InChI=1S/C19H32N4O.HI/c1-4-20-19(23-13-5-6-14-23)21-16-17-8-10-18(11-9-17)24-15-7-12-22(2)3;/h8-11H,4-7,12-16H2,1-3H3,(H,20,21);1H. The number of likely N-dealkylation sites (tertiary alicyclic amines) is 1. The van der Waals surface area contributed by atoms with Crippen LogP contribution >= 0.6 is 24.0 Å². The summed E-state index contributed by atoms with van der Waals surface area (Å²) in [6.07, 6.45) is 3.58. The van der Waals surface area contributed by atoms with Crippen LogP contribution in [0.3, 0.4) is 0 Å². The van der Waals surface area contributed by atoms with E-state index < -0.39 is 0 Å². The number of nitrogens with one attached hydrogen (secondary N) is 1. The van der Waals surface area contributed by atoms with Crippen LogP contribution in [0.5, 0.6) is 5.75 Å². The highest BCUT2D eigenvalue weighted by molar-refractivity contribution is 14.0. The van der Waals surface area contributed by atoms with Crippen molar-refractivity contribution >= 4 is 29.9 Å². The predicted octanol–water partition coefficient (Wildman–Crippen LogP) is 3.20. The first kappa shape index (κ1) is 22.0. The van der Waals surface area contributed by atoms with Crippen molar-refractivity contribution in [1.29, 1.82) is 0 Å². The van der Waals surface area contributed by atoms with E-state index in [1.54, 1.807) is 0 Å². The monoisotopic (exact) mass is 460 g/mol. The van der Waals surface area contributed by atoms with Gasteiger partial charge in [-0.05, 0) is 58.0 Å². The molecule has 142 valence electrons. The fraction of sp³-hybridized carbons (Fsp3) is 0.632. The maximum atomic E-state index is 5.77. The van der Waals surface area contributed by atoms with E-state index in [0.29, 0.717) is 6.54 Å². The predicted molar refractivity (Wildman–Crippen MR) is 116 cm³/mol. The van der Waals surface area contributed by atoms with Crippen molar-refractivity contribution in [2.24, 2.45) is 4.99 Å². The Kier molecular flexibility index (Phi) is 10.9. The molecule has 1 fully saturated rings. The van der Waals surface area contributed by atoms with Gasteiger partial charge in [-0.1, -0.05) is 12.1 Å². The molecule has 1 saturated heterocycles. The van der Waals surface area contributed by atoms with E-state index in [1.165, 1.54) is 18.4 Å². The summed E-state index contributed by atoms with van der Waals surface area (Å²) in [5, 5.41) is 3.40. The maximum Gasteiger partial charge on any atom is 0.194 e. The van der Waals surface area contributed by atoms with Gasteiger partial charge in [0.15, 0.2) is 5.96 Å². The van der Waals surface area contributed by atoms with Gasteiger partial charge >= 0.3 is 0 Å². The minimum absolute atomic E-state index is 0. The van der Waals surface area contributed by atoms with E-state index in [2.05, 4.69) is 48.3 Å². The van der Waals surface area contributed by atoms with Crippen molar-refractivity contribution in [2.45, 2.75) is 32.7 Å². The first-order chi connectivity index (χ1) is 11.7. The summed E-state index contributed by atoms with van der Waals surface area (Å²) < 4.78 is 5.77. The van der Waals surface area contributed by atoms with Crippen LogP contribution in [0.15, 0.2) is 29.3 Å². The van der Waals surface area contributed by atoms with Crippen LogP contribution in [0.4, 0.5) is 0 Å². The number of hydrogen-bond donors (Lipinski definition) is 1. The van der Waals surface area contributed by atoms with Gasteiger partial charge in [0.25, 0.3) is 0 Å². The van der Waals surface area contributed by atoms with Crippen molar-refractivity contribution in [3.05, 3.63) is 29.8 Å². The summed E-state index contributed by atoms with van der Waals surface area (Å²) >= 11 is 0. The minimum Gasteiger partial charge on any atom is -0.494 e. The number of benzene rings is 1. The third-order valence-electron chi connectivity index (χ3n) is 4.09. The fourth-order valence-corrected chi connectivity index (χ4v) is 2.78. The van der Waals surface area contributed by atoms with E-state index >= 15 is 0 Å². The second-order valence-corrected chi connectivity index (χ2v) is 6.51. The molecule has 1 aliphatic rings. The normalized spacial score (nSPS) is 14.6. The molecule has 6 heteroatoms. The molecule has 0 aliphatic carbocycles. The molecule has 0 amide bonds. The maximum absolute atomic E-state index is 5.77. The molecule has 1 aliphatic heterocycles. The second-order valence-electron chi connectivity index (χ2n) is 6.51. The second kappa shape index (κ2) is 12.4. The van der Waals surface area contributed by atoms with E-state index in [0.717, 1.165) is 50.9 Å². The van der Waals surface area contributed by atoms with E-state index in [9.17, 15) is 0 Å². The van der Waals surface area contributed by atoms with Gasteiger partial charge in [0.05, 0.1) is 13.2 Å². The average Bonchev–Trinajstić information content (AvgIpc) is 3.11. The van der Waals surface area contributed by atoms with Gasteiger partial charge in [0.2, 0.25) is 0 Å². The van der Waals surface area contributed by atoms with Crippen molar-refractivity contribution in [1.82, 2.24) is 15.1 Å². The number of ether oxygens (including phenoxy) is 1. The third-order valence-corrected chi connectivity index (χ3v) is 4.09. The molecule has 0 aromatic heterocycles. The van der Waals surface area contributed by atoms with Crippen LogP contribution in [0, 0.1) is 0 Å². The molecule has 2 rings (SSSR count). The van der Waals surface area contributed by atoms with Gasteiger partial charge < -0.3 is 19.9 Å². The number of halogens is 1. The highest BCUT2D eigenvalue weighted by Crippen LogP contribution is 2.14. The number of aliphatic imine (C=N–C) groups is 1. The zero-order valence-electron chi connectivity index (χ0n) is 15.8. The summed E-state index contributed by atoms with van der Waals surface area (Å²) in [4.78, 5) is 9.30. The zero-order chi connectivity index (χ0) is 17.2. The summed E-state index contributed by atoms with van der Waals surface area (Å²) in [5.74, 6) is 1.98. The molecule has 5 nitrogen and oxygen atoms in total. The molecule has 0 unspecified atom stereocenters. The first-order valence-corrected chi connectivity index (χ1v) is 9.08. The molecule has 1 N–H and O–H groups in total. The molecule has 0 radical (unpaired) electrons. The zero-order valence-corrected chi connectivity index (χ0v) is 18.2. The SMILES string of the molecule is CCNC(=NCc1ccc(OCCCN(C)C)cc1)N1CCCC1.I. The highest BCUT2D eigenvalue weighted by atomic mass is 127. The van der Waals surface area contributed by atoms with E-state index in [1.807, 2.05) is 12.1 Å². The van der Waals surface area contributed by atoms with Crippen molar-refractivity contribution in [3.8, 4) is 5.75 Å². The van der Waals surface area contributed by atoms with E-state index in [4.69, 9.17) is 9.73 Å². The molecule has 0 saturated carbocycles. The van der Waals surface area contributed by atoms with Gasteiger partial charge in [0.1, 0.15) is 5.75 Å². The van der Waals surface area contributed by atoms with Crippen LogP contribution in [0.2, 0.25) is 0 Å². The Bertz CT molecular complexity index is 499. The molecule has 25 heavy (non-hydrogen) atoms. The minimum atomic E-state index is 0. The van der Waals surface area contributed by atoms with Gasteiger partial charge in [-0.3, -0.25) is 0 Å². The quantitative estimate of drug-likeness (QED) is 0.280. The Morgan fingerprint density at radius 3 is 2.48 bits per heavy atom. The number of hydrogen-bond acceptors (Lipinski definition) is 3.